The van der Waals surface area contributed by atoms with Crippen molar-refractivity contribution in [2.24, 2.45) is 0 Å². The van der Waals surface area contributed by atoms with Crippen LogP contribution in [0.4, 0.5) is 0 Å². The second kappa shape index (κ2) is 6.60. The van der Waals surface area contributed by atoms with Crippen LogP contribution in [0.25, 0.3) is 11.0 Å². The van der Waals surface area contributed by atoms with Gasteiger partial charge in [0.25, 0.3) is 11.5 Å². The van der Waals surface area contributed by atoms with Gasteiger partial charge in [0.15, 0.2) is 6.61 Å². The van der Waals surface area contributed by atoms with E-state index in [2.05, 4.69) is 4.98 Å². The Labute approximate surface area is 133 Å². The minimum Gasteiger partial charge on any atom is -0.452 e. The number of hydrogen-bond acceptors (Lipinski definition) is 5. The molecule has 0 saturated carbocycles. The Morgan fingerprint density at radius 1 is 1.30 bits per heavy atom. The largest absolute Gasteiger partial charge is 0.452 e. The van der Waals surface area contributed by atoms with E-state index >= 15 is 0 Å². The molecular formula is C16H19N3O4. The molecule has 0 fully saturated rings. The lowest BCUT2D eigenvalue weighted by molar-refractivity contribution is -0.131. The standard InChI is InChI=1S/C16H19N3O4/c1-5-19-13-7-6-11(8-12(13)17-10(2)15(19)21)16(22)23-9-14(20)18(3)4/h6-8H,5,9H2,1-4H3. The van der Waals surface area contributed by atoms with Crippen molar-refractivity contribution in [1.82, 2.24) is 14.5 Å². The summed E-state index contributed by atoms with van der Waals surface area (Å²) < 4.78 is 6.58. The SMILES string of the molecule is CCn1c(=O)c(C)nc2cc(C(=O)OCC(=O)N(C)C)ccc21. The van der Waals surface area contributed by atoms with Crippen molar-refractivity contribution in [2.45, 2.75) is 20.4 Å². The molecule has 0 aliphatic heterocycles. The van der Waals surface area contributed by atoms with E-state index in [1.807, 2.05) is 6.92 Å². The molecule has 0 radical (unpaired) electrons. The number of likely N-dealkylation sites (N-methyl/N-ethyl adjacent to an activating group) is 1. The molecule has 1 aromatic heterocycles. The molecule has 7 nitrogen and oxygen atoms in total. The van der Waals surface area contributed by atoms with E-state index < -0.39 is 5.97 Å². The summed E-state index contributed by atoms with van der Waals surface area (Å²) in [5.41, 5.74) is 1.71. The van der Waals surface area contributed by atoms with Gasteiger partial charge in [-0.1, -0.05) is 0 Å². The third-order valence-electron chi connectivity index (χ3n) is 3.49. The molecule has 0 saturated heterocycles. The Morgan fingerprint density at radius 2 is 2.00 bits per heavy atom. The van der Waals surface area contributed by atoms with Gasteiger partial charge < -0.3 is 14.2 Å². The zero-order valence-electron chi connectivity index (χ0n) is 13.6. The van der Waals surface area contributed by atoms with Crippen LogP contribution in [0.15, 0.2) is 23.0 Å². The quantitative estimate of drug-likeness (QED) is 0.785. The second-order valence-electron chi connectivity index (χ2n) is 5.31. The molecule has 1 amide bonds. The molecule has 0 atom stereocenters. The highest BCUT2D eigenvalue weighted by atomic mass is 16.5. The first-order valence-corrected chi connectivity index (χ1v) is 7.23. The molecular weight excluding hydrogens is 298 g/mol. The molecule has 122 valence electrons. The van der Waals surface area contributed by atoms with E-state index in [0.29, 0.717) is 23.3 Å². The number of amides is 1. The number of aryl methyl sites for hydroxylation is 2. The zero-order valence-corrected chi connectivity index (χ0v) is 13.6. The predicted molar refractivity (Wildman–Crippen MR) is 85.4 cm³/mol. The van der Waals surface area contributed by atoms with Crippen LogP contribution in [0.2, 0.25) is 0 Å². The highest BCUT2D eigenvalue weighted by molar-refractivity contribution is 5.94. The first-order valence-electron chi connectivity index (χ1n) is 7.23. The van der Waals surface area contributed by atoms with Crippen molar-refractivity contribution in [3.8, 4) is 0 Å². The van der Waals surface area contributed by atoms with Gasteiger partial charge in [0.2, 0.25) is 0 Å². The predicted octanol–water partition coefficient (Wildman–Crippen LogP) is 0.970. The lowest BCUT2D eigenvalue weighted by atomic mass is 10.2. The molecule has 7 heteroatoms. The summed E-state index contributed by atoms with van der Waals surface area (Å²) in [6.07, 6.45) is 0. The fourth-order valence-electron chi connectivity index (χ4n) is 2.16. The summed E-state index contributed by atoms with van der Waals surface area (Å²) >= 11 is 0. The van der Waals surface area contributed by atoms with Gasteiger partial charge in [-0.15, -0.1) is 0 Å². The Hall–Kier alpha value is -2.70. The molecule has 2 rings (SSSR count). The lowest BCUT2D eigenvalue weighted by Crippen LogP contribution is -2.27. The van der Waals surface area contributed by atoms with Gasteiger partial charge in [0, 0.05) is 20.6 Å². The Balaban J connectivity index is 2.33. The average molecular weight is 317 g/mol. The Kier molecular flexibility index (Phi) is 4.78. The van der Waals surface area contributed by atoms with Crippen LogP contribution in [0.5, 0.6) is 0 Å². The van der Waals surface area contributed by atoms with Crippen LogP contribution in [-0.4, -0.2) is 47.0 Å². The van der Waals surface area contributed by atoms with Crippen LogP contribution in [0, 0.1) is 6.92 Å². The Morgan fingerprint density at radius 3 is 2.61 bits per heavy atom. The molecule has 1 aromatic carbocycles. The lowest BCUT2D eigenvalue weighted by Gasteiger charge is -2.11. The molecule has 2 aromatic rings. The van der Waals surface area contributed by atoms with Crippen LogP contribution in [0.1, 0.15) is 23.0 Å². The number of rotatable bonds is 4. The fourth-order valence-corrected chi connectivity index (χ4v) is 2.16. The molecule has 0 aliphatic rings. The summed E-state index contributed by atoms with van der Waals surface area (Å²) in [7, 11) is 3.17. The molecule has 0 N–H and O–H groups in total. The number of nitrogens with zero attached hydrogens (tertiary/aromatic N) is 3. The topological polar surface area (TPSA) is 81.5 Å². The fraction of sp³-hybridized carbons (Fsp3) is 0.375. The van der Waals surface area contributed by atoms with E-state index in [4.69, 9.17) is 4.74 Å². The molecule has 0 aliphatic carbocycles. The van der Waals surface area contributed by atoms with Gasteiger partial charge in [0.05, 0.1) is 16.6 Å². The normalized spacial score (nSPS) is 10.6. The molecule has 23 heavy (non-hydrogen) atoms. The molecule has 0 bridgehead atoms. The zero-order chi connectivity index (χ0) is 17.1. The smallest absolute Gasteiger partial charge is 0.338 e. The Bertz CT molecular complexity index is 824. The van der Waals surface area contributed by atoms with Gasteiger partial charge in [0.1, 0.15) is 5.69 Å². The number of ether oxygens (including phenoxy) is 1. The van der Waals surface area contributed by atoms with Crippen molar-refractivity contribution < 1.29 is 14.3 Å². The summed E-state index contributed by atoms with van der Waals surface area (Å²) in [5, 5.41) is 0. The van der Waals surface area contributed by atoms with Crippen LogP contribution < -0.4 is 5.56 Å². The van der Waals surface area contributed by atoms with E-state index in [9.17, 15) is 14.4 Å². The van der Waals surface area contributed by atoms with E-state index in [0.717, 1.165) is 0 Å². The van der Waals surface area contributed by atoms with Crippen molar-refractivity contribution in [1.29, 1.82) is 0 Å². The number of benzene rings is 1. The average Bonchev–Trinajstić information content (AvgIpc) is 2.52. The maximum absolute atomic E-state index is 12.0. The van der Waals surface area contributed by atoms with Gasteiger partial charge in [-0.05, 0) is 32.0 Å². The van der Waals surface area contributed by atoms with E-state index in [1.165, 1.54) is 4.90 Å². The summed E-state index contributed by atoms with van der Waals surface area (Å²) in [6, 6.07) is 4.79. The first-order chi connectivity index (χ1) is 10.8. The van der Waals surface area contributed by atoms with Gasteiger partial charge >= 0.3 is 5.97 Å². The van der Waals surface area contributed by atoms with Crippen LogP contribution in [0.3, 0.4) is 0 Å². The van der Waals surface area contributed by atoms with Gasteiger partial charge in [-0.3, -0.25) is 9.59 Å². The van der Waals surface area contributed by atoms with Crippen molar-refractivity contribution in [2.75, 3.05) is 20.7 Å². The molecule has 0 unspecified atom stereocenters. The van der Waals surface area contributed by atoms with Crippen molar-refractivity contribution in [3.63, 3.8) is 0 Å². The minimum atomic E-state index is -0.601. The van der Waals surface area contributed by atoms with E-state index in [-0.39, 0.29) is 23.6 Å². The van der Waals surface area contributed by atoms with Crippen molar-refractivity contribution >= 4 is 22.9 Å². The number of fused-ring (bicyclic) bond motifs is 1. The number of hydrogen-bond donors (Lipinski definition) is 0. The summed E-state index contributed by atoms with van der Waals surface area (Å²) in [6.45, 7) is 3.70. The van der Waals surface area contributed by atoms with E-state index in [1.54, 1.807) is 43.8 Å². The summed E-state index contributed by atoms with van der Waals surface area (Å²) in [4.78, 5) is 41.1. The van der Waals surface area contributed by atoms with Crippen LogP contribution in [-0.2, 0) is 16.1 Å². The third kappa shape index (κ3) is 3.39. The second-order valence-corrected chi connectivity index (χ2v) is 5.31. The number of carbonyl (C=O) groups is 2. The molecule has 1 heterocycles. The van der Waals surface area contributed by atoms with Crippen LogP contribution >= 0.6 is 0 Å². The number of aromatic nitrogens is 2. The number of carbonyl (C=O) groups excluding carboxylic acids is 2. The van der Waals surface area contributed by atoms with Gasteiger partial charge in [-0.25, -0.2) is 9.78 Å². The highest BCUT2D eigenvalue weighted by Gasteiger charge is 2.14. The first kappa shape index (κ1) is 16.7. The van der Waals surface area contributed by atoms with Gasteiger partial charge in [-0.2, -0.15) is 0 Å². The highest BCUT2D eigenvalue weighted by Crippen LogP contribution is 2.14. The molecule has 0 spiro atoms. The number of esters is 1. The third-order valence-corrected chi connectivity index (χ3v) is 3.49. The maximum Gasteiger partial charge on any atom is 0.338 e. The summed E-state index contributed by atoms with van der Waals surface area (Å²) in [5.74, 6) is -0.899. The minimum absolute atomic E-state index is 0.146. The van der Waals surface area contributed by atoms with Crippen molar-refractivity contribution in [3.05, 3.63) is 39.8 Å². The monoisotopic (exact) mass is 317 g/mol. The maximum atomic E-state index is 12.0.